The molecule has 2 aliphatic rings. The molecule has 0 unspecified atom stereocenters. The standard InChI is InChI=1S/C20H29N3O4/c1-15(2)14-27-17-16(4-3-9-21-17)18(24)22-10-5-20(6-11-22)7-12-23(13-8-20)19(25)26/h3-4,9,15H,5-8,10-14H2,1-2H3,(H,25,26). The Morgan fingerprint density at radius 3 is 2.30 bits per heavy atom. The third-order valence-corrected chi connectivity index (χ3v) is 5.76. The molecule has 1 aromatic rings. The van der Waals surface area contributed by atoms with E-state index in [0.717, 1.165) is 25.7 Å². The summed E-state index contributed by atoms with van der Waals surface area (Å²) in [5.74, 6) is 0.743. The monoisotopic (exact) mass is 375 g/mol. The van der Waals surface area contributed by atoms with Gasteiger partial charge in [0, 0.05) is 32.4 Å². The van der Waals surface area contributed by atoms with Gasteiger partial charge in [0.1, 0.15) is 5.56 Å². The van der Waals surface area contributed by atoms with Crippen LogP contribution in [0, 0.1) is 11.3 Å². The number of hydrogen-bond acceptors (Lipinski definition) is 4. The maximum absolute atomic E-state index is 13.0. The van der Waals surface area contributed by atoms with Gasteiger partial charge in [-0.2, -0.15) is 0 Å². The van der Waals surface area contributed by atoms with E-state index < -0.39 is 6.09 Å². The Kier molecular flexibility index (Phi) is 5.87. The Labute approximate surface area is 160 Å². The van der Waals surface area contributed by atoms with E-state index in [2.05, 4.69) is 18.8 Å². The van der Waals surface area contributed by atoms with Crippen molar-refractivity contribution in [2.24, 2.45) is 11.3 Å². The van der Waals surface area contributed by atoms with Gasteiger partial charge < -0.3 is 19.6 Å². The van der Waals surface area contributed by atoms with E-state index in [9.17, 15) is 9.59 Å². The van der Waals surface area contributed by atoms with Gasteiger partial charge in [-0.15, -0.1) is 0 Å². The van der Waals surface area contributed by atoms with Gasteiger partial charge in [-0.1, -0.05) is 13.8 Å². The molecular weight excluding hydrogens is 346 g/mol. The summed E-state index contributed by atoms with van der Waals surface area (Å²) in [4.78, 5) is 31.7. The van der Waals surface area contributed by atoms with E-state index in [1.54, 1.807) is 18.3 Å². The second-order valence-corrected chi connectivity index (χ2v) is 8.12. The van der Waals surface area contributed by atoms with Crippen molar-refractivity contribution >= 4 is 12.0 Å². The van der Waals surface area contributed by atoms with Crippen LogP contribution in [-0.2, 0) is 0 Å². The van der Waals surface area contributed by atoms with E-state index in [4.69, 9.17) is 9.84 Å². The highest BCUT2D eigenvalue weighted by Gasteiger charge is 2.39. The molecule has 148 valence electrons. The first-order chi connectivity index (χ1) is 12.9. The first-order valence-corrected chi connectivity index (χ1v) is 9.75. The molecule has 0 bridgehead atoms. The van der Waals surface area contributed by atoms with Crippen LogP contribution in [0.25, 0.3) is 0 Å². The normalized spacial score (nSPS) is 19.4. The van der Waals surface area contributed by atoms with Crippen LogP contribution in [0.3, 0.4) is 0 Å². The minimum atomic E-state index is -0.831. The Morgan fingerprint density at radius 2 is 1.74 bits per heavy atom. The van der Waals surface area contributed by atoms with Crippen molar-refractivity contribution in [1.29, 1.82) is 0 Å². The molecule has 2 fully saturated rings. The molecule has 0 radical (unpaired) electrons. The van der Waals surface area contributed by atoms with Gasteiger partial charge in [0.05, 0.1) is 6.61 Å². The molecule has 2 aliphatic heterocycles. The van der Waals surface area contributed by atoms with Crippen molar-refractivity contribution < 1.29 is 19.4 Å². The van der Waals surface area contributed by atoms with Crippen molar-refractivity contribution in [3.05, 3.63) is 23.9 Å². The van der Waals surface area contributed by atoms with Crippen LogP contribution in [0.15, 0.2) is 18.3 Å². The highest BCUT2D eigenvalue weighted by molar-refractivity contribution is 5.96. The largest absolute Gasteiger partial charge is 0.477 e. The highest BCUT2D eigenvalue weighted by Crippen LogP contribution is 2.41. The predicted molar refractivity (Wildman–Crippen MR) is 101 cm³/mol. The van der Waals surface area contributed by atoms with E-state index in [1.807, 2.05) is 4.90 Å². The number of nitrogens with zero attached hydrogens (tertiary/aromatic N) is 3. The van der Waals surface area contributed by atoms with Crippen molar-refractivity contribution in [3.8, 4) is 5.88 Å². The van der Waals surface area contributed by atoms with Crippen molar-refractivity contribution in [3.63, 3.8) is 0 Å². The number of rotatable bonds is 4. The number of hydrogen-bond donors (Lipinski definition) is 1. The summed E-state index contributed by atoms with van der Waals surface area (Å²) in [5.41, 5.74) is 0.698. The Hall–Kier alpha value is -2.31. The maximum Gasteiger partial charge on any atom is 0.407 e. The number of ether oxygens (including phenoxy) is 1. The van der Waals surface area contributed by atoms with Crippen LogP contribution in [0.5, 0.6) is 5.88 Å². The average molecular weight is 375 g/mol. The van der Waals surface area contributed by atoms with Gasteiger partial charge in [0.15, 0.2) is 0 Å². The summed E-state index contributed by atoms with van der Waals surface area (Å²) < 4.78 is 5.73. The van der Waals surface area contributed by atoms with E-state index in [-0.39, 0.29) is 11.3 Å². The number of carbonyl (C=O) groups excluding carboxylic acids is 1. The van der Waals surface area contributed by atoms with Crippen LogP contribution in [0.4, 0.5) is 4.79 Å². The van der Waals surface area contributed by atoms with Crippen LogP contribution in [0.1, 0.15) is 49.9 Å². The fraction of sp³-hybridized carbons (Fsp3) is 0.650. The highest BCUT2D eigenvalue weighted by atomic mass is 16.5. The Balaban J connectivity index is 1.60. The summed E-state index contributed by atoms with van der Waals surface area (Å²) in [5, 5.41) is 9.13. The number of piperidine rings is 2. The molecule has 2 saturated heterocycles. The predicted octanol–water partition coefficient (Wildman–Crippen LogP) is 3.11. The SMILES string of the molecule is CC(C)COc1ncccc1C(=O)N1CCC2(CCN(C(=O)O)CC2)CC1. The molecular formula is C20H29N3O4. The molecule has 2 amide bonds. The maximum atomic E-state index is 13.0. The quantitative estimate of drug-likeness (QED) is 0.874. The molecule has 1 aromatic heterocycles. The van der Waals surface area contributed by atoms with Crippen LogP contribution in [0.2, 0.25) is 0 Å². The molecule has 7 heteroatoms. The van der Waals surface area contributed by atoms with Gasteiger partial charge in [-0.3, -0.25) is 4.79 Å². The van der Waals surface area contributed by atoms with Gasteiger partial charge in [0.25, 0.3) is 5.91 Å². The number of aromatic nitrogens is 1. The zero-order valence-electron chi connectivity index (χ0n) is 16.2. The first-order valence-electron chi connectivity index (χ1n) is 9.75. The molecule has 1 N–H and O–H groups in total. The number of likely N-dealkylation sites (tertiary alicyclic amines) is 2. The number of carbonyl (C=O) groups is 2. The molecule has 3 heterocycles. The number of carboxylic acid groups (broad SMARTS) is 1. The summed E-state index contributed by atoms with van der Waals surface area (Å²) in [6.45, 7) is 7.24. The smallest absolute Gasteiger partial charge is 0.407 e. The topological polar surface area (TPSA) is 83.0 Å². The second kappa shape index (κ2) is 8.15. The minimum Gasteiger partial charge on any atom is -0.477 e. The zero-order valence-corrected chi connectivity index (χ0v) is 16.2. The van der Waals surface area contributed by atoms with Gasteiger partial charge >= 0.3 is 6.09 Å². The fourth-order valence-corrected chi connectivity index (χ4v) is 3.94. The average Bonchev–Trinajstić information content (AvgIpc) is 2.67. The Morgan fingerprint density at radius 1 is 1.15 bits per heavy atom. The summed E-state index contributed by atoms with van der Waals surface area (Å²) in [6.07, 6.45) is 4.44. The lowest BCUT2D eigenvalue weighted by Gasteiger charge is -2.46. The third kappa shape index (κ3) is 4.51. The van der Waals surface area contributed by atoms with E-state index in [0.29, 0.717) is 50.1 Å². The van der Waals surface area contributed by atoms with Crippen LogP contribution >= 0.6 is 0 Å². The third-order valence-electron chi connectivity index (χ3n) is 5.76. The van der Waals surface area contributed by atoms with Crippen molar-refractivity contribution in [2.75, 3.05) is 32.8 Å². The summed E-state index contributed by atoms with van der Waals surface area (Å²) in [6, 6.07) is 3.54. The van der Waals surface area contributed by atoms with Crippen molar-refractivity contribution in [2.45, 2.75) is 39.5 Å². The van der Waals surface area contributed by atoms with Crippen LogP contribution < -0.4 is 4.74 Å². The Bertz CT molecular complexity index is 674. The number of amides is 2. The molecule has 0 aliphatic carbocycles. The molecule has 0 aromatic carbocycles. The lowest BCUT2D eigenvalue weighted by Crippen LogP contribution is -2.49. The lowest BCUT2D eigenvalue weighted by molar-refractivity contribution is 0.0316. The van der Waals surface area contributed by atoms with Gasteiger partial charge in [0.2, 0.25) is 5.88 Å². The lowest BCUT2D eigenvalue weighted by atomic mass is 9.71. The van der Waals surface area contributed by atoms with Crippen molar-refractivity contribution in [1.82, 2.24) is 14.8 Å². The number of pyridine rings is 1. The summed E-state index contributed by atoms with van der Waals surface area (Å²) in [7, 11) is 0. The molecule has 27 heavy (non-hydrogen) atoms. The van der Waals surface area contributed by atoms with Gasteiger partial charge in [-0.05, 0) is 49.1 Å². The van der Waals surface area contributed by atoms with Gasteiger partial charge in [-0.25, -0.2) is 9.78 Å². The second-order valence-electron chi connectivity index (χ2n) is 8.12. The summed E-state index contributed by atoms with van der Waals surface area (Å²) >= 11 is 0. The fourth-order valence-electron chi connectivity index (χ4n) is 3.94. The zero-order chi connectivity index (χ0) is 19.4. The molecule has 3 rings (SSSR count). The van der Waals surface area contributed by atoms with E-state index >= 15 is 0 Å². The van der Waals surface area contributed by atoms with Crippen LogP contribution in [-0.4, -0.2) is 64.7 Å². The molecule has 0 saturated carbocycles. The minimum absolute atomic E-state index is 0.0281. The molecule has 7 nitrogen and oxygen atoms in total. The van der Waals surface area contributed by atoms with E-state index in [1.165, 1.54) is 4.90 Å². The molecule has 1 spiro atoms. The first kappa shape index (κ1) is 19.5. The molecule has 0 atom stereocenters.